The zero-order valence-corrected chi connectivity index (χ0v) is 15.2. The van der Waals surface area contributed by atoms with E-state index >= 15 is 0 Å². The fourth-order valence-electron chi connectivity index (χ4n) is 3.90. The van der Waals surface area contributed by atoms with Gasteiger partial charge in [-0.25, -0.2) is 9.98 Å². The third-order valence-corrected chi connectivity index (χ3v) is 5.33. The summed E-state index contributed by atoms with van der Waals surface area (Å²) in [6.07, 6.45) is 9.25. The van der Waals surface area contributed by atoms with Gasteiger partial charge in [-0.1, -0.05) is 18.2 Å². The van der Waals surface area contributed by atoms with E-state index in [1.54, 1.807) is 0 Å². The van der Waals surface area contributed by atoms with Crippen LogP contribution in [0.25, 0.3) is 0 Å². The molecule has 4 rings (SSSR count). The van der Waals surface area contributed by atoms with Crippen LogP contribution in [-0.4, -0.2) is 24.0 Å². The zero-order valence-electron chi connectivity index (χ0n) is 15.2. The third kappa shape index (κ3) is 3.82. The van der Waals surface area contributed by atoms with Crippen LogP contribution in [-0.2, 0) is 19.4 Å². The molecule has 0 unspecified atom stereocenters. The average molecular weight is 349 g/mol. The Morgan fingerprint density at radius 3 is 2.73 bits per heavy atom. The number of guanidine groups is 1. The summed E-state index contributed by atoms with van der Waals surface area (Å²) in [6, 6.07) is 10.6. The van der Waals surface area contributed by atoms with Crippen molar-refractivity contribution in [1.29, 1.82) is 0 Å². The molecule has 1 aromatic heterocycles. The number of aliphatic imine (C=N–C) groups is 1. The van der Waals surface area contributed by atoms with Gasteiger partial charge in [-0.15, -0.1) is 0 Å². The van der Waals surface area contributed by atoms with Gasteiger partial charge in [0.05, 0.1) is 6.54 Å². The number of aromatic nitrogens is 1. The van der Waals surface area contributed by atoms with Crippen LogP contribution in [0.15, 0.2) is 41.5 Å². The number of aryl methyl sites for hydroxylation is 1. The molecule has 3 N–H and O–H groups in total. The maximum atomic E-state index is 6.13. The number of benzene rings is 1. The molecule has 1 saturated heterocycles. The van der Waals surface area contributed by atoms with Gasteiger partial charge in [-0.3, -0.25) is 0 Å². The molecule has 0 bridgehead atoms. The lowest BCUT2D eigenvalue weighted by Gasteiger charge is -2.19. The predicted octanol–water partition coefficient (Wildman–Crippen LogP) is 3.49. The van der Waals surface area contributed by atoms with E-state index in [9.17, 15) is 0 Å². The molecule has 2 aromatic rings. The Bertz CT molecular complexity index is 775. The fourth-order valence-corrected chi connectivity index (χ4v) is 3.90. The van der Waals surface area contributed by atoms with E-state index in [-0.39, 0.29) is 0 Å². The van der Waals surface area contributed by atoms with Gasteiger partial charge < -0.3 is 16.0 Å². The Hall–Kier alpha value is -2.56. The number of anilines is 2. The molecular weight excluding hydrogens is 322 g/mol. The number of pyridine rings is 1. The Morgan fingerprint density at radius 1 is 1.08 bits per heavy atom. The maximum absolute atomic E-state index is 6.13. The largest absolute Gasteiger partial charge is 0.370 e. The molecule has 2 heterocycles. The first-order chi connectivity index (χ1) is 12.8. The number of fused-ring (bicyclic) bond motifs is 1. The lowest BCUT2D eigenvalue weighted by atomic mass is 9.90. The van der Waals surface area contributed by atoms with Gasteiger partial charge in [0.2, 0.25) is 0 Å². The minimum atomic E-state index is 0.465. The van der Waals surface area contributed by atoms with Crippen molar-refractivity contribution in [2.24, 2.45) is 10.7 Å². The van der Waals surface area contributed by atoms with Crippen molar-refractivity contribution < 1.29 is 0 Å². The van der Waals surface area contributed by atoms with Gasteiger partial charge in [0.1, 0.15) is 5.82 Å². The average Bonchev–Trinajstić information content (AvgIpc) is 3.22. The number of nitrogens with two attached hydrogens (primary N) is 1. The highest BCUT2D eigenvalue weighted by molar-refractivity contribution is 5.93. The third-order valence-electron chi connectivity index (χ3n) is 5.33. The summed E-state index contributed by atoms with van der Waals surface area (Å²) in [6.45, 7) is 2.77. The smallest absolute Gasteiger partial charge is 0.193 e. The summed E-state index contributed by atoms with van der Waals surface area (Å²) < 4.78 is 0. The highest BCUT2D eigenvalue weighted by atomic mass is 15.2. The van der Waals surface area contributed by atoms with E-state index in [2.05, 4.69) is 50.5 Å². The molecule has 136 valence electrons. The SMILES string of the molecule is NC(=NCc1ccc(N2CCCC2)nc1)Nc1cccc2c1CCCC2. The van der Waals surface area contributed by atoms with Gasteiger partial charge in [0.25, 0.3) is 0 Å². The molecule has 26 heavy (non-hydrogen) atoms. The van der Waals surface area contributed by atoms with Crippen molar-refractivity contribution in [1.82, 2.24) is 4.98 Å². The maximum Gasteiger partial charge on any atom is 0.193 e. The summed E-state index contributed by atoms with van der Waals surface area (Å²) in [5.41, 5.74) is 11.1. The fraction of sp³-hybridized carbons (Fsp3) is 0.429. The van der Waals surface area contributed by atoms with Crippen LogP contribution in [0.5, 0.6) is 0 Å². The van der Waals surface area contributed by atoms with Crippen LogP contribution in [0.2, 0.25) is 0 Å². The Labute approximate surface area is 155 Å². The van der Waals surface area contributed by atoms with Crippen molar-refractivity contribution in [2.75, 3.05) is 23.3 Å². The summed E-state index contributed by atoms with van der Waals surface area (Å²) in [4.78, 5) is 11.4. The highest BCUT2D eigenvalue weighted by Crippen LogP contribution is 2.27. The Morgan fingerprint density at radius 2 is 1.92 bits per heavy atom. The van der Waals surface area contributed by atoms with Crippen LogP contribution in [0.1, 0.15) is 42.4 Å². The molecule has 1 aliphatic heterocycles. The molecule has 1 aliphatic carbocycles. The molecule has 0 atom stereocenters. The van der Waals surface area contributed by atoms with Crippen LogP contribution in [0.4, 0.5) is 11.5 Å². The molecular formula is C21H27N5. The van der Waals surface area contributed by atoms with E-state index in [0.29, 0.717) is 12.5 Å². The molecule has 0 amide bonds. The summed E-state index contributed by atoms with van der Waals surface area (Å²) in [5.74, 6) is 1.53. The van der Waals surface area contributed by atoms with Crippen LogP contribution in [0.3, 0.4) is 0 Å². The second kappa shape index (κ2) is 7.77. The van der Waals surface area contributed by atoms with Gasteiger partial charge in [-0.2, -0.15) is 0 Å². The van der Waals surface area contributed by atoms with Crippen LogP contribution >= 0.6 is 0 Å². The van der Waals surface area contributed by atoms with Crippen LogP contribution < -0.4 is 16.0 Å². The molecule has 1 fully saturated rings. The second-order valence-electron chi connectivity index (χ2n) is 7.20. The Kier molecular flexibility index (Phi) is 5.04. The first kappa shape index (κ1) is 16.9. The topological polar surface area (TPSA) is 66.5 Å². The molecule has 5 nitrogen and oxygen atoms in total. The second-order valence-corrected chi connectivity index (χ2v) is 7.20. The van der Waals surface area contributed by atoms with Gasteiger partial charge in [-0.05, 0) is 67.3 Å². The monoisotopic (exact) mass is 349 g/mol. The number of rotatable bonds is 4. The number of nitrogens with one attached hydrogen (secondary N) is 1. The van der Waals surface area contributed by atoms with Gasteiger partial charge in [0.15, 0.2) is 5.96 Å². The van der Waals surface area contributed by atoms with Crippen molar-refractivity contribution >= 4 is 17.5 Å². The number of hydrogen-bond acceptors (Lipinski definition) is 3. The predicted molar refractivity (Wildman–Crippen MR) is 108 cm³/mol. The van der Waals surface area contributed by atoms with Crippen molar-refractivity contribution in [2.45, 2.75) is 45.1 Å². The van der Waals surface area contributed by atoms with E-state index in [1.807, 2.05) is 6.20 Å². The van der Waals surface area contributed by atoms with Gasteiger partial charge in [0, 0.05) is 25.0 Å². The van der Waals surface area contributed by atoms with E-state index in [4.69, 9.17) is 5.73 Å². The summed E-state index contributed by atoms with van der Waals surface area (Å²) in [5, 5.41) is 3.30. The van der Waals surface area contributed by atoms with Gasteiger partial charge >= 0.3 is 0 Å². The Balaban J connectivity index is 1.39. The number of hydrogen-bond donors (Lipinski definition) is 2. The highest BCUT2D eigenvalue weighted by Gasteiger charge is 2.14. The standard InChI is InChI=1S/C21H27N5/c22-21(25-19-9-5-7-17-6-1-2-8-18(17)19)24-15-16-10-11-20(23-14-16)26-12-3-4-13-26/h5,7,9-11,14H,1-4,6,8,12-13,15H2,(H3,22,24,25). The van der Waals surface area contributed by atoms with Crippen molar-refractivity contribution in [3.63, 3.8) is 0 Å². The molecule has 0 spiro atoms. The van der Waals surface area contributed by atoms with Crippen molar-refractivity contribution in [3.8, 4) is 0 Å². The first-order valence-electron chi connectivity index (χ1n) is 9.67. The lowest BCUT2D eigenvalue weighted by Crippen LogP contribution is -2.24. The molecule has 5 heteroatoms. The quantitative estimate of drug-likeness (QED) is 0.655. The lowest BCUT2D eigenvalue weighted by molar-refractivity contribution is 0.687. The summed E-state index contributed by atoms with van der Waals surface area (Å²) >= 11 is 0. The first-order valence-corrected chi connectivity index (χ1v) is 9.67. The van der Waals surface area contributed by atoms with E-state index in [0.717, 1.165) is 43.0 Å². The molecule has 0 saturated carbocycles. The van der Waals surface area contributed by atoms with E-state index in [1.165, 1.54) is 36.8 Å². The summed E-state index contributed by atoms with van der Waals surface area (Å²) in [7, 11) is 0. The molecule has 1 aromatic carbocycles. The molecule has 2 aliphatic rings. The zero-order chi connectivity index (χ0) is 17.8. The number of nitrogens with zero attached hydrogens (tertiary/aromatic N) is 3. The van der Waals surface area contributed by atoms with Crippen molar-refractivity contribution in [3.05, 3.63) is 53.2 Å². The normalized spacial score (nSPS) is 17.2. The molecule has 0 radical (unpaired) electrons. The minimum Gasteiger partial charge on any atom is -0.370 e. The minimum absolute atomic E-state index is 0.465. The van der Waals surface area contributed by atoms with Crippen LogP contribution in [0, 0.1) is 0 Å². The van der Waals surface area contributed by atoms with E-state index < -0.39 is 0 Å².